The molecule has 2 rings (SSSR count). The maximum atomic E-state index is 5.94. The summed E-state index contributed by atoms with van der Waals surface area (Å²) in [5, 5.41) is 3.35. The zero-order valence-corrected chi connectivity index (χ0v) is 13.0. The van der Waals surface area contributed by atoms with Crippen LogP contribution in [0.2, 0.25) is 0 Å². The monoisotopic (exact) mass is 274 g/mol. The number of anilines is 1. The summed E-state index contributed by atoms with van der Waals surface area (Å²) in [6.07, 6.45) is 1.87. The van der Waals surface area contributed by atoms with Crippen LogP contribution in [0.4, 0.5) is 5.69 Å². The van der Waals surface area contributed by atoms with Gasteiger partial charge in [0.2, 0.25) is 0 Å². The van der Waals surface area contributed by atoms with E-state index in [0.717, 1.165) is 18.5 Å². The topological polar surface area (TPSA) is 38.9 Å². The molecule has 0 amide bonds. The summed E-state index contributed by atoms with van der Waals surface area (Å²) in [5.41, 5.74) is 10.7. The van der Waals surface area contributed by atoms with E-state index in [1.54, 1.807) is 11.3 Å². The molecule has 1 heterocycles. The van der Waals surface area contributed by atoms with Gasteiger partial charge in [-0.2, -0.15) is 0 Å². The van der Waals surface area contributed by atoms with Crippen LogP contribution < -0.4 is 5.73 Å². The summed E-state index contributed by atoms with van der Waals surface area (Å²) in [7, 11) is 0. The minimum absolute atomic E-state index is 0.129. The molecule has 19 heavy (non-hydrogen) atoms. The van der Waals surface area contributed by atoms with Gasteiger partial charge in [0.1, 0.15) is 0 Å². The van der Waals surface area contributed by atoms with E-state index in [2.05, 4.69) is 45.2 Å². The molecule has 2 nitrogen and oxygen atoms in total. The number of rotatable bonds is 3. The van der Waals surface area contributed by atoms with Crippen molar-refractivity contribution in [1.82, 2.24) is 4.98 Å². The summed E-state index contributed by atoms with van der Waals surface area (Å²) < 4.78 is 0. The molecule has 1 aromatic heterocycles. The van der Waals surface area contributed by atoms with Crippen molar-refractivity contribution in [1.29, 1.82) is 0 Å². The van der Waals surface area contributed by atoms with E-state index < -0.39 is 0 Å². The van der Waals surface area contributed by atoms with Gasteiger partial charge in [0, 0.05) is 22.9 Å². The van der Waals surface area contributed by atoms with Gasteiger partial charge in [-0.15, -0.1) is 11.3 Å². The molecule has 2 N–H and O–H groups in total. The van der Waals surface area contributed by atoms with E-state index in [-0.39, 0.29) is 5.41 Å². The molecule has 2 aromatic rings. The molecule has 0 atom stereocenters. The average molecular weight is 274 g/mol. The number of thiazole rings is 1. The molecule has 0 spiro atoms. The molecule has 0 fully saturated rings. The second-order valence-corrected chi connectivity index (χ2v) is 6.88. The molecule has 0 aliphatic carbocycles. The largest absolute Gasteiger partial charge is 0.399 e. The van der Waals surface area contributed by atoms with Crippen LogP contribution in [0.15, 0.2) is 23.6 Å². The third-order valence-electron chi connectivity index (χ3n) is 3.26. The Kier molecular flexibility index (Phi) is 3.95. The predicted molar refractivity (Wildman–Crippen MR) is 83.9 cm³/mol. The standard InChI is InChI=1S/C16H22N2S/c1-5-12-8-11(6-7-13(12)17)9-15-18-14(10-19-15)16(2,3)4/h6-8,10H,5,9,17H2,1-4H3. The summed E-state index contributed by atoms with van der Waals surface area (Å²) in [5.74, 6) is 0. The number of nitrogen functional groups attached to an aromatic ring is 1. The summed E-state index contributed by atoms with van der Waals surface area (Å²) in [6, 6.07) is 6.31. The number of benzene rings is 1. The van der Waals surface area contributed by atoms with Gasteiger partial charge >= 0.3 is 0 Å². The maximum Gasteiger partial charge on any atom is 0.0972 e. The van der Waals surface area contributed by atoms with Gasteiger partial charge in [-0.1, -0.05) is 39.8 Å². The highest BCUT2D eigenvalue weighted by Gasteiger charge is 2.17. The van der Waals surface area contributed by atoms with Crippen molar-refractivity contribution in [3.8, 4) is 0 Å². The van der Waals surface area contributed by atoms with E-state index in [0.29, 0.717) is 0 Å². The Morgan fingerprint density at radius 3 is 2.58 bits per heavy atom. The molecule has 0 bridgehead atoms. The maximum absolute atomic E-state index is 5.94. The minimum atomic E-state index is 0.129. The van der Waals surface area contributed by atoms with E-state index in [9.17, 15) is 0 Å². The lowest BCUT2D eigenvalue weighted by atomic mass is 9.93. The molecular weight excluding hydrogens is 252 g/mol. The van der Waals surface area contributed by atoms with Crippen LogP contribution in [0.3, 0.4) is 0 Å². The second kappa shape index (κ2) is 5.33. The number of aryl methyl sites for hydroxylation is 1. The molecule has 0 radical (unpaired) electrons. The number of hydrogen-bond donors (Lipinski definition) is 1. The van der Waals surface area contributed by atoms with Gasteiger partial charge in [-0.25, -0.2) is 4.98 Å². The Morgan fingerprint density at radius 2 is 2.00 bits per heavy atom. The third kappa shape index (κ3) is 3.35. The highest BCUT2D eigenvalue weighted by Crippen LogP contribution is 2.25. The first-order chi connectivity index (χ1) is 8.90. The van der Waals surface area contributed by atoms with Crippen molar-refractivity contribution in [2.24, 2.45) is 0 Å². The Hall–Kier alpha value is -1.35. The smallest absolute Gasteiger partial charge is 0.0972 e. The summed E-state index contributed by atoms with van der Waals surface area (Å²) in [4.78, 5) is 4.74. The van der Waals surface area contributed by atoms with Gasteiger partial charge in [-0.3, -0.25) is 0 Å². The Morgan fingerprint density at radius 1 is 1.26 bits per heavy atom. The molecule has 0 aliphatic heterocycles. The fraction of sp³-hybridized carbons (Fsp3) is 0.438. The third-order valence-corrected chi connectivity index (χ3v) is 4.11. The fourth-order valence-corrected chi connectivity index (χ4v) is 3.04. The van der Waals surface area contributed by atoms with Gasteiger partial charge in [0.15, 0.2) is 0 Å². The molecule has 0 saturated carbocycles. The lowest BCUT2D eigenvalue weighted by Crippen LogP contribution is -2.11. The Balaban J connectivity index is 2.19. The van der Waals surface area contributed by atoms with Crippen LogP contribution in [0.5, 0.6) is 0 Å². The van der Waals surface area contributed by atoms with Crippen LogP contribution in [0, 0.1) is 0 Å². The quantitative estimate of drug-likeness (QED) is 0.853. The highest BCUT2D eigenvalue weighted by molar-refractivity contribution is 7.09. The van der Waals surface area contributed by atoms with Crippen LogP contribution >= 0.6 is 11.3 Å². The van der Waals surface area contributed by atoms with Crippen LogP contribution in [-0.2, 0) is 18.3 Å². The zero-order chi connectivity index (χ0) is 14.0. The van der Waals surface area contributed by atoms with E-state index >= 15 is 0 Å². The Labute approximate surface area is 119 Å². The van der Waals surface area contributed by atoms with Gasteiger partial charge in [-0.05, 0) is 23.6 Å². The molecule has 3 heteroatoms. The van der Waals surface area contributed by atoms with E-state index in [4.69, 9.17) is 10.7 Å². The average Bonchev–Trinajstić information content (AvgIpc) is 2.80. The van der Waals surface area contributed by atoms with Crippen molar-refractivity contribution in [2.45, 2.75) is 46.0 Å². The first kappa shape index (κ1) is 14.1. The van der Waals surface area contributed by atoms with E-state index in [1.165, 1.54) is 21.8 Å². The summed E-state index contributed by atoms with van der Waals surface area (Å²) >= 11 is 1.75. The minimum Gasteiger partial charge on any atom is -0.399 e. The van der Waals surface area contributed by atoms with Crippen molar-refractivity contribution in [3.05, 3.63) is 45.4 Å². The van der Waals surface area contributed by atoms with Gasteiger partial charge in [0.05, 0.1) is 10.7 Å². The SMILES string of the molecule is CCc1cc(Cc2nc(C(C)(C)C)cs2)ccc1N. The molecule has 0 unspecified atom stereocenters. The predicted octanol–water partition coefficient (Wildman–Crippen LogP) is 4.18. The van der Waals surface area contributed by atoms with Crippen molar-refractivity contribution in [2.75, 3.05) is 5.73 Å². The van der Waals surface area contributed by atoms with Crippen molar-refractivity contribution < 1.29 is 0 Å². The lowest BCUT2D eigenvalue weighted by molar-refractivity contribution is 0.571. The zero-order valence-electron chi connectivity index (χ0n) is 12.2. The molecule has 0 saturated heterocycles. The molecule has 1 aromatic carbocycles. The van der Waals surface area contributed by atoms with Gasteiger partial charge in [0.25, 0.3) is 0 Å². The van der Waals surface area contributed by atoms with Gasteiger partial charge < -0.3 is 5.73 Å². The Bertz CT molecular complexity index is 564. The molecule has 102 valence electrons. The van der Waals surface area contributed by atoms with Crippen LogP contribution in [0.25, 0.3) is 0 Å². The molecular formula is C16H22N2S. The number of aromatic nitrogens is 1. The first-order valence-corrected chi connectivity index (χ1v) is 7.60. The number of nitrogens with zero attached hydrogens (tertiary/aromatic N) is 1. The normalized spacial score (nSPS) is 11.8. The number of hydrogen-bond acceptors (Lipinski definition) is 3. The second-order valence-electron chi connectivity index (χ2n) is 5.94. The highest BCUT2D eigenvalue weighted by atomic mass is 32.1. The number of nitrogens with two attached hydrogens (primary N) is 1. The lowest BCUT2D eigenvalue weighted by Gasteiger charge is -2.14. The van der Waals surface area contributed by atoms with Crippen molar-refractivity contribution >= 4 is 17.0 Å². The first-order valence-electron chi connectivity index (χ1n) is 6.72. The summed E-state index contributed by atoms with van der Waals surface area (Å²) in [6.45, 7) is 8.73. The van der Waals surface area contributed by atoms with Crippen molar-refractivity contribution in [3.63, 3.8) is 0 Å². The van der Waals surface area contributed by atoms with Crippen LogP contribution in [0.1, 0.15) is 49.5 Å². The fourth-order valence-electron chi connectivity index (χ4n) is 1.99. The molecule has 0 aliphatic rings. The van der Waals surface area contributed by atoms with E-state index in [1.807, 2.05) is 6.07 Å². The van der Waals surface area contributed by atoms with Crippen LogP contribution in [-0.4, -0.2) is 4.98 Å².